The fraction of sp³-hybridized carbons (Fsp3) is 0.0714. The second-order valence-electron chi connectivity index (χ2n) is 4.14. The molecule has 0 atom stereocenters. The first kappa shape index (κ1) is 15.3. The molecule has 0 aliphatic carbocycles. The van der Waals surface area contributed by atoms with Crippen molar-refractivity contribution in [1.29, 1.82) is 0 Å². The summed E-state index contributed by atoms with van der Waals surface area (Å²) in [5.74, 6) is -0.668. The van der Waals surface area contributed by atoms with E-state index in [0.717, 1.165) is 6.07 Å². The first-order valence-corrected chi connectivity index (χ1v) is 6.51. The highest BCUT2D eigenvalue weighted by Gasteiger charge is 2.17. The van der Waals surface area contributed by atoms with Gasteiger partial charge in [0, 0.05) is 27.7 Å². The Kier molecular flexibility index (Phi) is 4.45. The molecular weight excluding hydrogens is 317 g/mol. The largest absolute Gasteiger partial charge is 0.465 e. The van der Waals surface area contributed by atoms with Gasteiger partial charge in [0.05, 0.1) is 17.6 Å². The number of carbonyl (C=O) groups is 1. The van der Waals surface area contributed by atoms with Crippen molar-refractivity contribution >= 4 is 34.9 Å². The van der Waals surface area contributed by atoms with Gasteiger partial charge in [0.1, 0.15) is 0 Å². The topological polar surface area (TPSA) is 69.4 Å². The highest BCUT2D eigenvalue weighted by atomic mass is 35.5. The molecular formula is C14H9Cl2NO4. The Morgan fingerprint density at radius 3 is 2.52 bits per heavy atom. The highest BCUT2D eigenvalue weighted by Crippen LogP contribution is 2.33. The van der Waals surface area contributed by atoms with Crippen LogP contribution < -0.4 is 0 Å². The van der Waals surface area contributed by atoms with Crippen LogP contribution in [-0.4, -0.2) is 18.0 Å². The molecule has 0 unspecified atom stereocenters. The van der Waals surface area contributed by atoms with Crippen molar-refractivity contribution in [3.05, 3.63) is 62.1 Å². The van der Waals surface area contributed by atoms with Crippen LogP contribution in [0.3, 0.4) is 0 Å². The number of nitro groups is 1. The second kappa shape index (κ2) is 6.11. The summed E-state index contributed by atoms with van der Waals surface area (Å²) >= 11 is 12.0. The van der Waals surface area contributed by atoms with E-state index in [0.29, 0.717) is 21.2 Å². The number of rotatable bonds is 3. The molecule has 0 saturated heterocycles. The minimum Gasteiger partial charge on any atom is -0.465 e. The van der Waals surface area contributed by atoms with Gasteiger partial charge in [-0.3, -0.25) is 10.1 Å². The zero-order valence-corrected chi connectivity index (χ0v) is 12.3. The van der Waals surface area contributed by atoms with E-state index in [4.69, 9.17) is 23.2 Å². The molecule has 2 aromatic carbocycles. The third-order valence-corrected chi connectivity index (χ3v) is 3.35. The van der Waals surface area contributed by atoms with E-state index in [2.05, 4.69) is 4.74 Å². The number of benzene rings is 2. The Balaban J connectivity index is 2.67. The van der Waals surface area contributed by atoms with Gasteiger partial charge in [-0.25, -0.2) is 4.79 Å². The molecule has 0 bridgehead atoms. The normalized spacial score (nSPS) is 10.2. The van der Waals surface area contributed by atoms with Gasteiger partial charge in [-0.15, -0.1) is 0 Å². The number of carbonyl (C=O) groups excluding carboxylic acids is 1. The molecule has 0 aliphatic heterocycles. The zero-order chi connectivity index (χ0) is 15.6. The van der Waals surface area contributed by atoms with Crippen molar-refractivity contribution in [2.45, 2.75) is 0 Å². The Morgan fingerprint density at radius 1 is 1.19 bits per heavy atom. The molecule has 0 spiro atoms. The lowest BCUT2D eigenvalue weighted by atomic mass is 10.0. The van der Waals surface area contributed by atoms with Gasteiger partial charge in [-0.1, -0.05) is 23.2 Å². The molecule has 0 fully saturated rings. The summed E-state index contributed by atoms with van der Waals surface area (Å²) in [5, 5.41) is 11.8. The molecule has 21 heavy (non-hydrogen) atoms. The highest BCUT2D eigenvalue weighted by molar-refractivity contribution is 6.35. The van der Waals surface area contributed by atoms with Crippen LogP contribution in [0.25, 0.3) is 11.1 Å². The van der Waals surface area contributed by atoms with E-state index >= 15 is 0 Å². The fourth-order valence-corrected chi connectivity index (χ4v) is 2.23. The number of hydrogen-bond donors (Lipinski definition) is 0. The second-order valence-corrected chi connectivity index (χ2v) is 4.99. The lowest BCUT2D eigenvalue weighted by Crippen LogP contribution is -2.02. The minimum atomic E-state index is -0.668. The maximum absolute atomic E-state index is 11.6. The van der Waals surface area contributed by atoms with Gasteiger partial charge in [0.25, 0.3) is 5.69 Å². The average Bonchev–Trinajstić information content (AvgIpc) is 2.48. The van der Waals surface area contributed by atoms with Crippen molar-refractivity contribution in [3.8, 4) is 11.1 Å². The third-order valence-electron chi connectivity index (χ3n) is 2.79. The van der Waals surface area contributed by atoms with Crippen LogP contribution in [-0.2, 0) is 4.74 Å². The first-order valence-electron chi connectivity index (χ1n) is 5.75. The van der Waals surface area contributed by atoms with E-state index < -0.39 is 10.9 Å². The molecule has 5 nitrogen and oxygen atoms in total. The standard InChI is InChI=1S/C14H9Cl2NO4/c1-21-14(18)9-4-8(5-11(6-9)17(19)20)12-7-10(15)2-3-13(12)16/h2-7H,1H3. The molecule has 0 N–H and O–H groups in total. The maximum Gasteiger partial charge on any atom is 0.338 e. The van der Waals surface area contributed by atoms with E-state index in [9.17, 15) is 14.9 Å². The van der Waals surface area contributed by atoms with Crippen molar-refractivity contribution < 1.29 is 14.5 Å². The molecule has 7 heteroatoms. The van der Waals surface area contributed by atoms with Crippen LogP contribution in [0.4, 0.5) is 5.69 Å². The Morgan fingerprint density at radius 2 is 1.90 bits per heavy atom. The van der Waals surface area contributed by atoms with E-state index in [1.165, 1.54) is 19.2 Å². The van der Waals surface area contributed by atoms with Gasteiger partial charge in [-0.05, 0) is 29.8 Å². The summed E-state index contributed by atoms with van der Waals surface area (Å²) in [6, 6.07) is 8.69. The molecule has 0 aliphatic rings. The van der Waals surface area contributed by atoms with E-state index in [-0.39, 0.29) is 11.3 Å². The molecule has 0 aromatic heterocycles. The molecule has 0 heterocycles. The average molecular weight is 326 g/mol. The molecule has 2 aromatic rings. The SMILES string of the molecule is COC(=O)c1cc(-c2cc(Cl)ccc2Cl)cc([N+](=O)[O-])c1. The van der Waals surface area contributed by atoms with Crippen molar-refractivity contribution in [3.63, 3.8) is 0 Å². The minimum absolute atomic E-state index is 0.0674. The third kappa shape index (κ3) is 3.32. The number of nitrogens with zero attached hydrogens (tertiary/aromatic N) is 1. The molecule has 0 amide bonds. The number of halogens is 2. The van der Waals surface area contributed by atoms with Crippen LogP contribution in [0, 0.1) is 10.1 Å². The Labute approximate surface area is 130 Å². The van der Waals surface area contributed by atoms with E-state index in [1.807, 2.05) is 0 Å². The van der Waals surface area contributed by atoms with Crippen LogP contribution in [0.5, 0.6) is 0 Å². The van der Waals surface area contributed by atoms with Gasteiger partial charge in [0.15, 0.2) is 0 Å². The van der Waals surface area contributed by atoms with Crippen LogP contribution in [0.15, 0.2) is 36.4 Å². The van der Waals surface area contributed by atoms with Crippen LogP contribution >= 0.6 is 23.2 Å². The van der Waals surface area contributed by atoms with Crippen molar-refractivity contribution in [2.24, 2.45) is 0 Å². The number of hydrogen-bond acceptors (Lipinski definition) is 4. The summed E-state index contributed by atoms with van der Waals surface area (Å²) < 4.78 is 4.60. The Bertz CT molecular complexity index is 731. The van der Waals surface area contributed by atoms with Gasteiger partial charge < -0.3 is 4.74 Å². The summed E-state index contributed by atoms with van der Waals surface area (Å²) in [4.78, 5) is 22.0. The summed E-state index contributed by atoms with van der Waals surface area (Å²) in [6.07, 6.45) is 0. The molecule has 0 saturated carbocycles. The predicted octanol–water partition coefficient (Wildman–Crippen LogP) is 4.36. The summed E-state index contributed by atoms with van der Waals surface area (Å²) in [5.41, 5.74) is 0.747. The van der Waals surface area contributed by atoms with Crippen molar-refractivity contribution in [2.75, 3.05) is 7.11 Å². The monoisotopic (exact) mass is 325 g/mol. The van der Waals surface area contributed by atoms with Crippen molar-refractivity contribution in [1.82, 2.24) is 0 Å². The zero-order valence-electron chi connectivity index (χ0n) is 10.8. The predicted molar refractivity (Wildman–Crippen MR) is 79.9 cm³/mol. The number of ether oxygens (including phenoxy) is 1. The molecule has 2 rings (SSSR count). The van der Waals surface area contributed by atoms with Crippen LogP contribution in [0.2, 0.25) is 10.0 Å². The quantitative estimate of drug-likeness (QED) is 0.477. The first-order chi connectivity index (χ1) is 9.92. The summed E-state index contributed by atoms with van der Waals surface area (Å²) in [6.45, 7) is 0. The summed E-state index contributed by atoms with van der Waals surface area (Å²) in [7, 11) is 1.20. The van der Waals surface area contributed by atoms with E-state index in [1.54, 1.807) is 18.2 Å². The Hall–Kier alpha value is -2.11. The van der Waals surface area contributed by atoms with Crippen LogP contribution in [0.1, 0.15) is 10.4 Å². The number of esters is 1. The smallest absolute Gasteiger partial charge is 0.338 e. The number of methoxy groups -OCH3 is 1. The fourth-order valence-electron chi connectivity index (χ4n) is 1.83. The van der Waals surface area contributed by atoms with Gasteiger partial charge >= 0.3 is 5.97 Å². The lowest BCUT2D eigenvalue weighted by molar-refractivity contribution is -0.384. The van der Waals surface area contributed by atoms with Gasteiger partial charge in [-0.2, -0.15) is 0 Å². The molecule has 108 valence electrons. The maximum atomic E-state index is 11.6. The number of non-ortho nitro benzene ring substituents is 1. The van der Waals surface area contributed by atoms with Gasteiger partial charge in [0.2, 0.25) is 0 Å². The molecule has 0 radical (unpaired) electrons. The lowest BCUT2D eigenvalue weighted by Gasteiger charge is -2.07. The number of nitro benzene ring substituents is 1.